The van der Waals surface area contributed by atoms with Gasteiger partial charge >= 0.3 is 0 Å². The maximum atomic E-state index is 12.0. The molecule has 1 atom stereocenters. The molecule has 21 heavy (non-hydrogen) atoms. The molecule has 1 heterocycles. The Labute approximate surface area is 125 Å². The highest BCUT2D eigenvalue weighted by Crippen LogP contribution is 2.18. The number of para-hydroxylation sites is 1. The molecule has 0 bridgehead atoms. The van der Waals surface area contributed by atoms with E-state index in [1.807, 2.05) is 24.3 Å². The summed E-state index contributed by atoms with van der Waals surface area (Å²) in [6, 6.07) is 7.13. The Balaban J connectivity index is 2.00. The number of amides is 1. The van der Waals surface area contributed by atoms with Crippen molar-refractivity contribution in [1.29, 1.82) is 0 Å². The molecule has 1 aromatic rings. The summed E-state index contributed by atoms with van der Waals surface area (Å²) in [4.78, 5) is 14.3. The van der Waals surface area contributed by atoms with Crippen molar-refractivity contribution in [3.63, 3.8) is 0 Å². The number of morpholine rings is 1. The normalized spacial score (nSPS) is 17.4. The van der Waals surface area contributed by atoms with Crippen molar-refractivity contribution >= 4 is 11.6 Å². The number of anilines is 1. The lowest BCUT2D eigenvalue weighted by Gasteiger charge is -2.27. The van der Waals surface area contributed by atoms with Gasteiger partial charge in [-0.25, -0.2) is 0 Å². The Morgan fingerprint density at radius 2 is 2.14 bits per heavy atom. The molecule has 0 aliphatic carbocycles. The third-order valence-corrected chi connectivity index (χ3v) is 3.46. The molecular weight excluding hydrogens is 270 g/mol. The van der Waals surface area contributed by atoms with E-state index in [0.717, 1.165) is 44.1 Å². The van der Waals surface area contributed by atoms with Crippen LogP contribution in [0.15, 0.2) is 24.3 Å². The van der Waals surface area contributed by atoms with Crippen LogP contribution in [0.25, 0.3) is 0 Å². The number of ether oxygens (including phenoxy) is 2. The zero-order valence-corrected chi connectivity index (χ0v) is 12.4. The molecule has 2 rings (SSSR count). The number of rotatable bonds is 6. The van der Waals surface area contributed by atoms with E-state index in [0.29, 0.717) is 0 Å². The van der Waals surface area contributed by atoms with Gasteiger partial charge < -0.3 is 20.5 Å². The summed E-state index contributed by atoms with van der Waals surface area (Å²) >= 11 is 0. The zero-order valence-electron chi connectivity index (χ0n) is 12.4. The fourth-order valence-corrected chi connectivity index (χ4v) is 2.26. The smallest absolute Gasteiger partial charge is 0.243 e. The summed E-state index contributed by atoms with van der Waals surface area (Å²) in [5, 5.41) is 2.88. The number of nitrogens with zero attached hydrogens (tertiary/aromatic N) is 1. The summed E-state index contributed by atoms with van der Waals surface area (Å²) in [7, 11) is 1.53. The van der Waals surface area contributed by atoms with Crippen molar-refractivity contribution in [3.05, 3.63) is 29.8 Å². The topological polar surface area (TPSA) is 76.8 Å². The average molecular weight is 293 g/mol. The minimum Gasteiger partial charge on any atom is -0.383 e. The van der Waals surface area contributed by atoms with E-state index in [2.05, 4.69) is 10.2 Å². The summed E-state index contributed by atoms with van der Waals surface area (Å²) < 4.78 is 10.3. The number of carbonyl (C=O) groups is 1. The predicted molar refractivity (Wildman–Crippen MR) is 81.0 cm³/mol. The van der Waals surface area contributed by atoms with E-state index >= 15 is 0 Å². The van der Waals surface area contributed by atoms with Crippen LogP contribution in [0.5, 0.6) is 0 Å². The second kappa shape index (κ2) is 8.09. The lowest BCUT2D eigenvalue weighted by molar-refractivity contribution is -0.118. The number of benzene rings is 1. The number of hydrogen-bond acceptors (Lipinski definition) is 5. The van der Waals surface area contributed by atoms with Crippen LogP contribution >= 0.6 is 0 Å². The SMILES string of the molecule is COCC(N)C(=O)Nc1ccccc1CN1CCOCC1. The molecule has 1 aromatic carbocycles. The fraction of sp³-hybridized carbons (Fsp3) is 0.533. The lowest BCUT2D eigenvalue weighted by Crippen LogP contribution is -2.39. The minimum atomic E-state index is -0.661. The van der Waals surface area contributed by atoms with Crippen molar-refractivity contribution in [1.82, 2.24) is 4.90 Å². The lowest BCUT2D eigenvalue weighted by atomic mass is 10.1. The van der Waals surface area contributed by atoms with E-state index in [1.165, 1.54) is 7.11 Å². The maximum absolute atomic E-state index is 12.0. The van der Waals surface area contributed by atoms with Gasteiger partial charge in [-0.2, -0.15) is 0 Å². The summed E-state index contributed by atoms with van der Waals surface area (Å²) in [5.41, 5.74) is 7.63. The van der Waals surface area contributed by atoms with Crippen LogP contribution in [0.4, 0.5) is 5.69 Å². The standard InChI is InChI=1S/C15H23N3O3/c1-20-11-13(16)15(19)17-14-5-3-2-4-12(14)10-18-6-8-21-9-7-18/h2-5,13H,6-11,16H2,1H3,(H,17,19). The molecule has 1 aliphatic rings. The molecule has 1 amide bonds. The van der Waals surface area contributed by atoms with Crippen molar-refractivity contribution in [2.24, 2.45) is 5.73 Å². The highest BCUT2D eigenvalue weighted by molar-refractivity contribution is 5.95. The summed E-state index contributed by atoms with van der Waals surface area (Å²) in [6.07, 6.45) is 0. The van der Waals surface area contributed by atoms with Crippen LogP contribution in [-0.2, 0) is 20.8 Å². The van der Waals surface area contributed by atoms with Crippen molar-refractivity contribution in [3.8, 4) is 0 Å². The van der Waals surface area contributed by atoms with E-state index in [4.69, 9.17) is 15.2 Å². The summed E-state index contributed by atoms with van der Waals surface area (Å²) in [6.45, 7) is 4.33. The van der Waals surface area contributed by atoms with Crippen molar-refractivity contribution < 1.29 is 14.3 Å². The molecule has 6 heteroatoms. The Bertz CT molecular complexity index is 461. The van der Waals surface area contributed by atoms with Gasteiger partial charge in [0.15, 0.2) is 0 Å². The highest BCUT2D eigenvalue weighted by Gasteiger charge is 2.16. The molecule has 1 fully saturated rings. The van der Waals surface area contributed by atoms with Gasteiger partial charge in [-0.3, -0.25) is 9.69 Å². The molecular formula is C15H23N3O3. The van der Waals surface area contributed by atoms with Crippen LogP contribution in [0.3, 0.4) is 0 Å². The number of nitrogens with two attached hydrogens (primary N) is 1. The molecule has 0 aromatic heterocycles. The van der Waals surface area contributed by atoms with Crippen molar-refractivity contribution in [2.45, 2.75) is 12.6 Å². The van der Waals surface area contributed by atoms with Gasteiger partial charge in [-0.1, -0.05) is 18.2 Å². The van der Waals surface area contributed by atoms with Gasteiger partial charge in [0.05, 0.1) is 19.8 Å². The monoisotopic (exact) mass is 293 g/mol. The van der Waals surface area contributed by atoms with Crippen molar-refractivity contribution in [2.75, 3.05) is 45.3 Å². The number of nitrogens with one attached hydrogen (secondary N) is 1. The molecule has 0 radical (unpaired) electrons. The Morgan fingerprint density at radius 1 is 1.43 bits per heavy atom. The van der Waals surface area contributed by atoms with Crippen LogP contribution in [0.2, 0.25) is 0 Å². The van der Waals surface area contributed by atoms with Crippen LogP contribution in [0.1, 0.15) is 5.56 Å². The van der Waals surface area contributed by atoms with Gasteiger partial charge in [0.1, 0.15) is 6.04 Å². The zero-order chi connectivity index (χ0) is 15.1. The van der Waals surface area contributed by atoms with E-state index < -0.39 is 6.04 Å². The summed E-state index contributed by atoms with van der Waals surface area (Å²) in [5.74, 6) is -0.230. The van der Waals surface area contributed by atoms with Crippen LogP contribution in [-0.4, -0.2) is 56.9 Å². The maximum Gasteiger partial charge on any atom is 0.243 e. The molecule has 1 unspecified atom stereocenters. The number of carbonyl (C=O) groups excluding carboxylic acids is 1. The Morgan fingerprint density at radius 3 is 2.86 bits per heavy atom. The predicted octanol–water partition coefficient (Wildman–Crippen LogP) is 0.431. The van der Waals surface area contributed by atoms with E-state index in [1.54, 1.807) is 0 Å². The number of methoxy groups -OCH3 is 1. The van der Waals surface area contributed by atoms with Gasteiger partial charge in [0.2, 0.25) is 5.91 Å². The third-order valence-electron chi connectivity index (χ3n) is 3.46. The second-order valence-corrected chi connectivity index (χ2v) is 5.10. The molecule has 1 saturated heterocycles. The van der Waals surface area contributed by atoms with Gasteiger partial charge in [0.25, 0.3) is 0 Å². The molecule has 0 spiro atoms. The fourth-order valence-electron chi connectivity index (χ4n) is 2.26. The molecule has 0 saturated carbocycles. The van der Waals surface area contributed by atoms with Crippen LogP contribution in [0, 0.1) is 0 Å². The average Bonchev–Trinajstić information content (AvgIpc) is 2.50. The molecule has 1 aliphatic heterocycles. The largest absolute Gasteiger partial charge is 0.383 e. The van der Waals surface area contributed by atoms with Gasteiger partial charge in [-0.15, -0.1) is 0 Å². The van der Waals surface area contributed by atoms with Gasteiger partial charge in [0, 0.05) is 32.4 Å². The van der Waals surface area contributed by atoms with Gasteiger partial charge in [-0.05, 0) is 11.6 Å². The first-order valence-corrected chi connectivity index (χ1v) is 7.14. The number of hydrogen-bond donors (Lipinski definition) is 2. The van der Waals surface area contributed by atoms with E-state index in [9.17, 15) is 4.79 Å². The van der Waals surface area contributed by atoms with Crippen LogP contribution < -0.4 is 11.1 Å². The minimum absolute atomic E-state index is 0.206. The molecule has 3 N–H and O–H groups in total. The first kappa shape index (κ1) is 15.9. The first-order valence-electron chi connectivity index (χ1n) is 7.14. The quantitative estimate of drug-likeness (QED) is 0.795. The molecule has 116 valence electrons. The van der Waals surface area contributed by atoms with E-state index in [-0.39, 0.29) is 12.5 Å². The second-order valence-electron chi connectivity index (χ2n) is 5.10. The molecule has 6 nitrogen and oxygen atoms in total. The Kier molecular flexibility index (Phi) is 6.13. The highest BCUT2D eigenvalue weighted by atomic mass is 16.5. The first-order chi connectivity index (χ1) is 10.2. The third kappa shape index (κ3) is 4.78. The Hall–Kier alpha value is -1.47.